The number of hydrogen-bond donors (Lipinski definition) is 1. The Balaban J connectivity index is 1.98. The van der Waals surface area contributed by atoms with E-state index in [1.807, 2.05) is 27.7 Å². The molecule has 3 rings (SSSR count). The summed E-state index contributed by atoms with van der Waals surface area (Å²) < 4.78 is 31.7. The van der Waals surface area contributed by atoms with Gasteiger partial charge in [-0.1, -0.05) is 51.0 Å². The van der Waals surface area contributed by atoms with E-state index in [2.05, 4.69) is 10.2 Å². The van der Waals surface area contributed by atoms with E-state index in [-0.39, 0.29) is 22.5 Å². The number of nitrogens with zero attached hydrogens (tertiary/aromatic N) is 2. The van der Waals surface area contributed by atoms with Crippen molar-refractivity contribution >= 4 is 32.3 Å². The highest BCUT2D eigenvalue weighted by atomic mass is 32.2. The summed E-state index contributed by atoms with van der Waals surface area (Å²) in [5.74, 6) is 0.245. The molecule has 0 radical (unpaired) electrons. The normalized spacial score (nSPS) is 12.5. The van der Waals surface area contributed by atoms with Crippen LogP contribution in [0.2, 0.25) is 0 Å². The average molecular weight is 412 g/mol. The standard InChI is InChI=1S/C22H24N2O4S/c1-13(2)20-11-18(12-21(14(3)4)22(20)25)24-23-17-7-5-16-10-19(29(26,27)28)8-6-15(16)9-17/h5-14,25H,1-4H3,(H,26,27,28)/p-1. The van der Waals surface area contributed by atoms with Gasteiger partial charge in [0.25, 0.3) is 10.1 Å². The van der Waals surface area contributed by atoms with Gasteiger partial charge in [-0.15, -0.1) is 5.75 Å². The zero-order valence-electron chi connectivity index (χ0n) is 16.7. The Labute approximate surface area is 170 Å². The number of fused-ring (bicyclic) bond motifs is 1. The van der Waals surface area contributed by atoms with Gasteiger partial charge in [-0.05, 0) is 59.0 Å². The molecule has 1 N–H and O–H groups in total. The van der Waals surface area contributed by atoms with Crippen LogP contribution in [0.1, 0.15) is 50.7 Å². The molecule has 0 aliphatic heterocycles. The molecule has 0 bridgehead atoms. The Morgan fingerprint density at radius 1 is 0.793 bits per heavy atom. The van der Waals surface area contributed by atoms with Gasteiger partial charge < -0.3 is 5.11 Å². The molecule has 0 amide bonds. The van der Waals surface area contributed by atoms with E-state index in [0.29, 0.717) is 16.8 Å². The summed E-state index contributed by atoms with van der Waals surface area (Å²) in [5.41, 5.74) is 2.67. The van der Waals surface area contributed by atoms with E-state index in [1.165, 1.54) is 12.1 Å². The highest BCUT2D eigenvalue weighted by Gasteiger charge is 2.11. The molecule has 0 aliphatic carbocycles. The number of rotatable bonds is 5. The van der Waals surface area contributed by atoms with E-state index in [9.17, 15) is 18.1 Å². The van der Waals surface area contributed by atoms with E-state index in [1.54, 1.807) is 36.4 Å². The van der Waals surface area contributed by atoms with Gasteiger partial charge in [0.1, 0.15) is 0 Å². The van der Waals surface area contributed by atoms with Gasteiger partial charge >= 0.3 is 0 Å². The van der Waals surface area contributed by atoms with Crippen LogP contribution in [0.5, 0.6) is 5.75 Å². The quantitative estimate of drug-likeness (QED) is 0.422. The first-order chi connectivity index (χ1) is 13.6. The maximum Gasteiger partial charge on any atom is 0.294 e. The van der Waals surface area contributed by atoms with Crippen molar-refractivity contribution in [1.29, 1.82) is 0 Å². The highest BCUT2D eigenvalue weighted by Crippen LogP contribution is 2.36. The Bertz CT molecular complexity index is 1170. The molecular formula is C22H23N2O4S-. The van der Waals surface area contributed by atoms with E-state index in [0.717, 1.165) is 16.5 Å². The molecule has 29 heavy (non-hydrogen) atoms. The Morgan fingerprint density at radius 2 is 1.31 bits per heavy atom. The third kappa shape index (κ3) is 4.63. The molecule has 152 valence electrons. The van der Waals surface area contributed by atoms with Gasteiger partial charge in [0.05, 0.1) is 16.3 Å². The minimum atomic E-state index is -4.24. The van der Waals surface area contributed by atoms with Crippen LogP contribution in [0.15, 0.2) is 63.7 Å². The summed E-state index contributed by atoms with van der Waals surface area (Å²) in [6, 6.07) is 13.1. The number of hydrogen-bond acceptors (Lipinski definition) is 5. The number of benzene rings is 3. The summed E-state index contributed by atoms with van der Waals surface area (Å²) in [6.45, 7) is 7.91. The van der Waals surface area contributed by atoms with Crippen LogP contribution < -0.4 is 5.11 Å². The zero-order valence-corrected chi connectivity index (χ0v) is 17.6. The molecule has 0 aromatic heterocycles. The van der Waals surface area contributed by atoms with Crippen LogP contribution in [0.25, 0.3) is 10.8 Å². The molecule has 0 fully saturated rings. The molecule has 6 nitrogen and oxygen atoms in total. The van der Waals surface area contributed by atoms with Gasteiger partial charge in [0, 0.05) is 0 Å². The minimum absolute atomic E-state index is 0.0642. The lowest BCUT2D eigenvalue weighted by Crippen LogP contribution is -2.04. The average Bonchev–Trinajstić information content (AvgIpc) is 2.65. The fraction of sp³-hybridized carbons (Fsp3) is 0.273. The summed E-state index contributed by atoms with van der Waals surface area (Å²) in [6.07, 6.45) is 0. The maximum atomic E-state index is 12.6. The van der Waals surface area contributed by atoms with Crippen molar-refractivity contribution in [3.63, 3.8) is 0 Å². The lowest BCUT2D eigenvalue weighted by Gasteiger charge is -2.24. The first-order valence-corrected chi connectivity index (χ1v) is 10.8. The van der Waals surface area contributed by atoms with Gasteiger partial charge in [-0.3, -0.25) is 4.55 Å². The Hall–Kier alpha value is -2.77. The molecule has 0 aliphatic rings. The first kappa shape index (κ1) is 21.0. The second-order valence-corrected chi connectivity index (χ2v) is 9.05. The molecule has 3 aromatic carbocycles. The van der Waals surface area contributed by atoms with Crippen LogP contribution in [0.3, 0.4) is 0 Å². The van der Waals surface area contributed by atoms with Gasteiger partial charge in [-0.25, -0.2) is 0 Å². The summed E-state index contributed by atoms with van der Waals surface area (Å²) >= 11 is 0. The van der Waals surface area contributed by atoms with E-state index < -0.39 is 10.1 Å². The molecule has 0 saturated carbocycles. The molecule has 3 aromatic rings. The van der Waals surface area contributed by atoms with Crippen molar-refractivity contribution in [3.8, 4) is 5.75 Å². The summed E-state index contributed by atoms with van der Waals surface area (Å²) in [7, 11) is -4.24. The van der Waals surface area contributed by atoms with Crippen molar-refractivity contribution < 1.29 is 18.1 Å². The molecule has 0 saturated heterocycles. The topological polar surface area (TPSA) is 102 Å². The molecule has 0 spiro atoms. The molecule has 0 unspecified atom stereocenters. The van der Waals surface area contributed by atoms with Crippen LogP contribution in [0, 0.1) is 0 Å². The monoisotopic (exact) mass is 411 g/mol. The molecular weight excluding hydrogens is 388 g/mol. The van der Waals surface area contributed by atoms with Crippen molar-refractivity contribution in [3.05, 3.63) is 59.7 Å². The second kappa shape index (κ2) is 7.93. The van der Waals surface area contributed by atoms with Crippen LogP contribution in [-0.4, -0.2) is 13.0 Å². The third-order valence-electron chi connectivity index (χ3n) is 4.75. The van der Waals surface area contributed by atoms with E-state index in [4.69, 9.17) is 0 Å². The summed E-state index contributed by atoms with van der Waals surface area (Å²) in [4.78, 5) is -0.153. The third-order valence-corrected chi connectivity index (χ3v) is 5.60. The van der Waals surface area contributed by atoms with Crippen LogP contribution in [0.4, 0.5) is 11.4 Å². The lowest BCUT2D eigenvalue weighted by atomic mass is 9.93. The van der Waals surface area contributed by atoms with Crippen LogP contribution >= 0.6 is 0 Å². The van der Waals surface area contributed by atoms with Crippen molar-refractivity contribution in [2.45, 2.75) is 44.4 Å². The van der Waals surface area contributed by atoms with Crippen molar-refractivity contribution in [2.24, 2.45) is 10.2 Å². The number of azo groups is 1. The zero-order chi connectivity index (χ0) is 21.3. The second-order valence-electron chi connectivity index (χ2n) is 7.63. The predicted octanol–water partition coefficient (Wildman–Crippen LogP) is 5.82. The van der Waals surface area contributed by atoms with E-state index >= 15 is 0 Å². The minimum Gasteiger partial charge on any atom is -0.872 e. The highest BCUT2D eigenvalue weighted by molar-refractivity contribution is 7.85. The smallest absolute Gasteiger partial charge is 0.294 e. The van der Waals surface area contributed by atoms with Crippen molar-refractivity contribution in [1.82, 2.24) is 0 Å². The SMILES string of the molecule is CC(C)c1cc(N=Nc2ccc3cc(S(=O)(=O)O)ccc3c2)cc(C(C)C)c1[O-]. The van der Waals surface area contributed by atoms with Gasteiger partial charge in [0.2, 0.25) is 0 Å². The van der Waals surface area contributed by atoms with Crippen molar-refractivity contribution in [2.75, 3.05) is 0 Å². The first-order valence-electron chi connectivity index (χ1n) is 9.34. The molecule has 7 heteroatoms. The Kier molecular flexibility index (Phi) is 5.73. The molecule has 0 atom stereocenters. The lowest BCUT2D eigenvalue weighted by molar-refractivity contribution is -0.270. The fourth-order valence-corrected chi connectivity index (χ4v) is 3.64. The van der Waals surface area contributed by atoms with Gasteiger partial charge in [0.15, 0.2) is 0 Å². The fourth-order valence-electron chi connectivity index (χ4n) is 3.12. The van der Waals surface area contributed by atoms with Gasteiger partial charge in [-0.2, -0.15) is 18.6 Å². The predicted molar refractivity (Wildman–Crippen MR) is 112 cm³/mol. The molecule has 0 heterocycles. The largest absolute Gasteiger partial charge is 0.872 e. The summed E-state index contributed by atoms with van der Waals surface area (Å²) in [5, 5.41) is 22.6. The van der Waals surface area contributed by atoms with Crippen LogP contribution in [-0.2, 0) is 10.1 Å². The maximum absolute atomic E-state index is 12.6. The Morgan fingerprint density at radius 3 is 1.86 bits per heavy atom.